The van der Waals surface area contributed by atoms with Crippen LogP contribution in [-0.4, -0.2) is 11.1 Å². The third-order valence-corrected chi connectivity index (χ3v) is 3.48. The maximum atomic E-state index is 12.1. The van der Waals surface area contributed by atoms with Crippen molar-refractivity contribution >= 4 is 18.3 Å². The van der Waals surface area contributed by atoms with E-state index in [1.54, 1.807) is 12.1 Å². The summed E-state index contributed by atoms with van der Waals surface area (Å²) in [6.07, 6.45) is 1.56. The third kappa shape index (κ3) is 4.08. The summed E-state index contributed by atoms with van der Waals surface area (Å²) in [7, 11) is 0. The fourth-order valence-electron chi connectivity index (χ4n) is 2.20. The van der Waals surface area contributed by atoms with Gasteiger partial charge in [0.25, 0.3) is 5.91 Å². The number of aryl methyl sites for hydroxylation is 2. The van der Waals surface area contributed by atoms with Crippen LogP contribution in [-0.2, 0) is 25.9 Å². The van der Waals surface area contributed by atoms with Gasteiger partial charge < -0.3 is 15.6 Å². The molecular weight excluding hydrogens is 302 g/mol. The second-order valence-corrected chi connectivity index (χ2v) is 4.82. The van der Waals surface area contributed by atoms with Crippen LogP contribution in [0.15, 0.2) is 28.8 Å². The minimum Gasteiger partial charge on any atom is -0.361 e. The molecule has 1 heterocycles. The maximum absolute atomic E-state index is 12.1. The van der Waals surface area contributed by atoms with Gasteiger partial charge in [0.15, 0.2) is 0 Å². The molecule has 2 rings (SSSR count). The number of nitrogens with zero attached hydrogens (tertiary/aromatic N) is 1. The lowest BCUT2D eigenvalue weighted by molar-refractivity contribution is 0.0950. The molecule has 0 unspecified atom stereocenters. The molecule has 0 atom stereocenters. The van der Waals surface area contributed by atoms with E-state index in [9.17, 15) is 4.79 Å². The van der Waals surface area contributed by atoms with Gasteiger partial charge in [-0.05, 0) is 24.1 Å². The highest BCUT2D eigenvalue weighted by Gasteiger charge is 2.14. The smallest absolute Gasteiger partial charge is 0.251 e. The normalized spacial score (nSPS) is 10.1. The summed E-state index contributed by atoms with van der Waals surface area (Å²) in [6, 6.07) is 7.30. The van der Waals surface area contributed by atoms with E-state index in [0.29, 0.717) is 18.7 Å². The van der Waals surface area contributed by atoms with E-state index in [2.05, 4.69) is 10.5 Å². The first kappa shape index (κ1) is 18.2. The molecule has 0 saturated heterocycles. The van der Waals surface area contributed by atoms with Crippen LogP contribution in [0.25, 0.3) is 0 Å². The molecule has 6 heteroatoms. The molecule has 1 aromatic carbocycles. The number of hydrogen-bond donors (Lipinski definition) is 2. The van der Waals surface area contributed by atoms with Crippen LogP contribution in [0.4, 0.5) is 0 Å². The van der Waals surface area contributed by atoms with Crippen LogP contribution >= 0.6 is 12.4 Å². The summed E-state index contributed by atoms with van der Waals surface area (Å²) in [6.45, 7) is 4.95. The van der Waals surface area contributed by atoms with Gasteiger partial charge in [-0.15, -0.1) is 12.4 Å². The highest BCUT2D eigenvalue weighted by Crippen LogP contribution is 2.15. The van der Waals surface area contributed by atoms with Gasteiger partial charge in [0.2, 0.25) is 0 Å². The van der Waals surface area contributed by atoms with E-state index in [1.807, 2.05) is 26.0 Å². The third-order valence-electron chi connectivity index (χ3n) is 3.48. The lowest BCUT2D eigenvalue weighted by Crippen LogP contribution is -2.23. The van der Waals surface area contributed by atoms with Crippen LogP contribution in [0.3, 0.4) is 0 Å². The number of benzene rings is 1. The highest BCUT2D eigenvalue weighted by molar-refractivity contribution is 5.94. The Kier molecular flexibility index (Phi) is 7.08. The van der Waals surface area contributed by atoms with Crippen LogP contribution in [0.1, 0.15) is 46.8 Å². The topological polar surface area (TPSA) is 81.2 Å². The summed E-state index contributed by atoms with van der Waals surface area (Å²) < 4.78 is 5.29. The molecule has 2 aromatic rings. The zero-order chi connectivity index (χ0) is 15.2. The Labute approximate surface area is 136 Å². The number of carbonyl (C=O) groups excluding carboxylic acids is 1. The molecule has 0 spiro atoms. The number of rotatable bonds is 6. The molecule has 22 heavy (non-hydrogen) atoms. The maximum Gasteiger partial charge on any atom is 0.251 e. The Bertz CT molecular complexity index is 587. The number of aromatic nitrogens is 1. The molecule has 0 saturated carbocycles. The standard InChI is InChI=1S/C16H21N3O2.ClH/c1-3-14-13(15(4-2)21-19-14)10-18-16(20)12-7-5-11(9-17)6-8-12;/h5-8H,3-4,9-10,17H2,1-2H3,(H,18,20);1H. The number of halogens is 1. The van der Waals surface area contributed by atoms with Crippen LogP contribution < -0.4 is 11.1 Å². The van der Waals surface area contributed by atoms with Gasteiger partial charge in [-0.1, -0.05) is 31.1 Å². The van der Waals surface area contributed by atoms with E-state index in [0.717, 1.165) is 35.4 Å². The molecule has 0 radical (unpaired) electrons. The minimum absolute atomic E-state index is 0. The molecule has 1 aromatic heterocycles. The molecule has 0 aliphatic rings. The van der Waals surface area contributed by atoms with Crippen LogP contribution in [0.5, 0.6) is 0 Å². The summed E-state index contributed by atoms with van der Waals surface area (Å²) in [5.74, 6) is 0.731. The zero-order valence-electron chi connectivity index (χ0n) is 12.9. The molecule has 0 bridgehead atoms. The predicted octanol–water partition coefficient (Wildman–Crippen LogP) is 2.61. The Hall–Kier alpha value is -1.85. The first-order valence-electron chi connectivity index (χ1n) is 7.23. The fraction of sp³-hybridized carbons (Fsp3) is 0.375. The van der Waals surface area contributed by atoms with Crippen molar-refractivity contribution in [3.63, 3.8) is 0 Å². The summed E-state index contributed by atoms with van der Waals surface area (Å²) in [5, 5.41) is 6.96. The van der Waals surface area contributed by atoms with Crippen molar-refractivity contribution in [3.05, 3.63) is 52.4 Å². The number of amides is 1. The average molecular weight is 324 g/mol. The Morgan fingerprint density at radius 3 is 2.45 bits per heavy atom. The first-order valence-corrected chi connectivity index (χ1v) is 7.23. The lowest BCUT2D eigenvalue weighted by atomic mass is 10.1. The molecule has 0 aliphatic carbocycles. The number of nitrogens with two attached hydrogens (primary N) is 1. The Balaban J connectivity index is 0.00000242. The minimum atomic E-state index is -0.108. The molecule has 1 amide bonds. The van der Waals surface area contributed by atoms with Gasteiger partial charge in [0.05, 0.1) is 5.69 Å². The van der Waals surface area contributed by atoms with E-state index in [4.69, 9.17) is 10.3 Å². The van der Waals surface area contributed by atoms with Gasteiger partial charge in [0, 0.05) is 30.6 Å². The van der Waals surface area contributed by atoms with Crippen molar-refractivity contribution in [1.82, 2.24) is 10.5 Å². The molecule has 5 nitrogen and oxygen atoms in total. The van der Waals surface area contributed by atoms with Gasteiger partial charge >= 0.3 is 0 Å². The van der Waals surface area contributed by atoms with E-state index < -0.39 is 0 Å². The van der Waals surface area contributed by atoms with E-state index in [1.165, 1.54) is 0 Å². The summed E-state index contributed by atoms with van der Waals surface area (Å²) >= 11 is 0. The number of hydrogen-bond acceptors (Lipinski definition) is 4. The number of carbonyl (C=O) groups is 1. The lowest BCUT2D eigenvalue weighted by Gasteiger charge is -2.06. The first-order chi connectivity index (χ1) is 10.2. The van der Waals surface area contributed by atoms with E-state index in [-0.39, 0.29) is 18.3 Å². The Morgan fingerprint density at radius 1 is 1.23 bits per heavy atom. The predicted molar refractivity (Wildman–Crippen MR) is 88.0 cm³/mol. The van der Waals surface area contributed by atoms with E-state index >= 15 is 0 Å². The average Bonchev–Trinajstić information content (AvgIpc) is 2.94. The SMILES string of the molecule is CCc1noc(CC)c1CNC(=O)c1ccc(CN)cc1.Cl. The molecule has 0 fully saturated rings. The molecule has 3 N–H and O–H groups in total. The van der Waals surface area contributed by atoms with Crippen molar-refractivity contribution in [2.45, 2.75) is 39.8 Å². The zero-order valence-corrected chi connectivity index (χ0v) is 13.7. The second-order valence-electron chi connectivity index (χ2n) is 4.82. The number of nitrogens with one attached hydrogen (secondary N) is 1. The largest absolute Gasteiger partial charge is 0.361 e. The molecular formula is C16H22ClN3O2. The highest BCUT2D eigenvalue weighted by atomic mass is 35.5. The fourth-order valence-corrected chi connectivity index (χ4v) is 2.20. The van der Waals surface area contributed by atoms with Crippen molar-refractivity contribution in [3.8, 4) is 0 Å². The summed E-state index contributed by atoms with van der Waals surface area (Å²) in [5.41, 5.74) is 9.08. The van der Waals surface area contributed by atoms with Gasteiger partial charge in [0.1, 0.15) is 5.76 Å². The van der Waals surface area contributed by atoms with Gasteiger partial charge in [-0.3, -0.25) is 4.79 Å². The van der Waals surface area contributed by atoms with Crippen molar-refractivity contribution in [2.24, 2.45) is 5.73 Å². The van der Waals surface area contributed by atoms with Gasteiger partial charge in [-0.2, -0.15) is 0 Å². The van der Waals surface area contributed by atoms with Crippen LogP contribution in [0, 0.1) is 0 Å². The second kappa shape index (κ2) is 8.56. The van der Waals surface area contributed by atoms with Crippen molar-refractivity contribution in [2.75, 3.05) is 0 Å². The van der Waals surface area contributed by atoms with Gasteiger partial charge in [-0.25, -0.2) is 0 Å². The summed E-state index contributed by atoms with van der Waals surface area (Å²) in [4.78, 5) is 12.1. The molecule has 0 aliphatic heterocycles. The molecule has 120 valence electrons. The van der Waals surface area contributed by atoms with Crippen LogP contribution in [0.2, 0.25) is 0 Å². The Morgan fingerprint density at radius 2 is 1.91 bits per heavy atom. The van der Waals surface area contributed by atoms with Crippen molar-refractivity contribution < 1.29 is 9.32 Å². The van der Waals surface area contributed by atoms with Crippen molar-refractivity contribution in [1.29, 1.82) is 0 Å². The quantitative estimate of drug-likeness (QED) is 0.856. The monoisotopic (exact) mass is 323 g/mol.